The van der Waals surface area contributed by atoms with Crippen LogP contribution < -0.4 is 10.1 Å². The van der Waals surface area contributed by atoms with E-state index < -0.39 is 0 Å². The van der Waals surface area contributed by atoms with Gasteiger partial charge in [0.15, 0.2) is 0 Å². The highest BCUT2D eigenvalue weighted by atomic mass is 16.5. The van der Waals surface area contributed by atoms with Crippen molar-refractivity contribution in [2.75, 3.05) is 19.8 Å². The van der Waals surface area contributed by atoms with Gasteiger partial charge in [-0.15, -0.1) is 0 Å². The third-order valence-electron chi connectivity index (χ3n) is 3.82. The molecule has 1 atom stereocenters. The van der Waals surface area contributed by atoms with E-state index in [9.17, 15) is 0 Å². The zero-order chi connectivity index (χ0) is 13.6. The summed E-state index contributed by atoms with van der Waals surface area (Å²) in [5.74, 6) is 0.860. The minimum absolute atomic E-state index is 0.265. The van der Waals surface area contributed by atoms with Crippen LogP contribution in [0, 0.1) is 0 Å². The first-order valence-electron chi connectivity index (χ1n) is 7.51. The third-order valence-corrected chi connectivity index (χ3v) is 3.82. The van der Waals surface area contributed by atoms with Gasteiger partial charge in [0.05, 0.1) is 19.4 Å². The minimum atomic E-state index is 0.265. The Bertz CT molecular complexity index is 450. The van der Waals surface area contributed by atoms with Crippen LogP contribution >= 0.6 is 0 Å². The van der Waals surface area contributed by atoms with Gasteiger partial charge >= 0.3 is 0 Å². The van der Waals surface area contributed by atoms with Crippen LogP contribution in [-0.2, 0) is 4.74 Å². The molecular weight excluding hydrogens is 252 g/mol. The molecule has 108 valence electrons. The summed E-state index contributed by atoms with van der Waals surface area (Å²) in [6.07, 6.45) is 12.7. The van der Waals surface area contributed by atoms with E-state index >= 15 is 0 Å². The quantitative estimate of drug-likeness (QED) is 0.915. The molecule has 0 aromatic carbocycles. The summed E-state index contributed by atoms with van der Waals surface area (Å²) in [6.45, 7) is 2.72. The highest BCUT2D eigenvalue weighted by Gasteiger charge is 2.15. The maximum Gasteiger partial charge on any atom is 0.138 e. The monoisotopic (exact) mass is 274 g/mol. The number of nitrogens with zero attached hydrogens (tertiary/aromatic N) is 1. The van der Waals surface area contributed by atoms with Crippen molar-refractivity contribution in [3.8, 4) is 5.75 Å². The lowest BCUT2D eigenvalue weighted by molar-refractivity contribution is 0.0254. The summed E-state index contributed by atoms with van der Waals surface area (Å²) in [6, 6.07) is 2.57. The Morgan fingerprint density at radius 2 is 2.15 bits per heavy atom. The fourth-order valence-corrected chi connectivity index (χ4v) is 2.68. The maximum absolute atomic E-state index is 5.98. The summed E-state index contributed by atoms with van der Waals surface area (Å²) >= 11 is 0. The molecule has 2 aliphatic rings. The molecule has 1 N–H and O–H groups in total. The minimum Gasteiger partial charge on any atom is -0.489 e. The number of ether oxygens (including phenoxy) is 2. The fourth-order valence-electron chi connectivity index (χ4n) is 2.68. The van der Waals surface area contributed by atoms with Gasteiger partial charge in [0, 0.05) is 25.1 Å². The van der Waals surface area contributed by atoms with Crippen LogP contribution in [0.4, 0.5) is 0 Å². The van der Waals surface area contributed by atoms with Crippen molar-refractivity contribution in [1.82, 2.24) is 10.3 Å². The van der Waals surface area contributed by atoms with Crippen molar-refractivity contribution in [3.63, 3.8) is 0 Å². The van der Waals surface area contributed by atoms with E-state index in [1.165, 1.54) is 12.8 Å². The molecule has 2 saturated heterocycles. The van der Waals surface area contributed by atoms with Crippen LogP contribution in [-0.4, -0.2) is 36.9 Å². The second kappa shape index (κ2) is 6.86. The number of hydrogen-bond donors (Lipinski definition) is 1. The zero-order valence-corrected chi connectivity index (χ0v) is 11.8. The standard InChI is InChI=1S/C16H22N2O2/c1-2-14(18-7-1)4-3-13-10-16(12-17-11-13)20-15-5-8-19-9-6-15/h3-4,10-12,14-15,18H,1-2,5-9H2/t14-/m1/s1. The molecule has 4 nitrogen and oxygen atoms in total. The molecule has 0 saturated carbocycles. The molecule has 0 amide bonds. The van der Waals surface area contributed by atoms with Crippen LogP contribution in [0.15, 0.2) is 24.5 Å². The molecule has 0 unspecified atom stereocenters. The second-order valence-corrected chi connectivity index (χ2v) is 5.45. The number of hydrogen-bond acceptors (Lipinski definition) is 4. The molecule has 3 rings (SSSR count). The summed E-state index contributed by atoms with van der Waals surface area (Å²) in [5.41, 5.74) is 1.10. The first-order valence-corrected chi connectivity index (χ1v) is 7.51. The van der Waals surface area contributed by atoms with E-state index in [-0.39, 0.29) is 6.10 Å². The number of rotatable bonds is 4. The van der Waals surface area contributed by atoms with Gasteiger partial charge in [-0.05, 0) is 31.0 Å². The molecular formula is C16H22N2O2. The van der Waals surface area contributed by atoms with Gasteiger partial charge in [0.25, 0.3) is 0 Å². The van der Waals surface area contributed by atoms with Gasteiger partial charge in [0.2, 0.25) is 0 Å². The summed E-state index contributed by atoms with van der Waals surface area (Å²) in [5, 5.41) is 3.45. The molecule has 0 spiro atoms. The molecule has 1 aromatic rings. The number of nitrogens with one attached hydrogen (secondary N) is 1. The van der Waals surface area contributed by atoms with E-state index in [0.29, 0.717) is 6.04 Å². The van der Waals surface area contributed by atoms with Crippen molar-refractivity contribution >= 4 is 6.08 Å². The van der Waals surface area contributed by atoms with E-state index in [2.05, 4.69) is 28.5 Å². The topological polar surface area (TPSA) is 43.4 Å². The summed E-state index contributed by atoms with van der Waals surface area (Å²) < 4.78 is 11.3. The Kier molecular flexibility index (Phi) is 4.66. The highest BCUT2D eigenvalue weighted by Crippen LogP contribution is 2.19. The van der Waals surface area contributed by atoms with Crippen LogP contribution in [0.3, 0.4) is 0 Å². The lowest BCUT2D eigenvalue weighted by Crippen LogP contribution is -2.25. The molecule has 1 aromatic heterocycles. The smallest absolute Gasteiger partial charge is 0.138 e. The van der Waals surface area contributed by atoms with Gasteiger partial charge in [-0.2, -0.15) is 0 Å². The van der Waals surface area contributed by atoms with Crippen LogP contribution in [0.1, 0.15) is 31.2 Å². The molecule has 2 aliphatic heterocycles. The first kappa shape index (κ1) is 13.6. The maximum atomic E-state index is 5.98. The van der Waals surface area contributed by atoms with E-state index in [4.69, 9.17) is 9.47 Å². The van der Waals surface area contributed by atoms with Crippen LogP contribution in [0.25, 0.3) is 6.08 Å². The average molecular weight is 274 g/mol. The number of aromatic nitrogens is 1. The zero-order valence-electron chi connectivity index (χ0n) is 11.8. The van der Waals surface area contributed by atoms with Crippen molar-refractivity contribution in [3.05, 3.63) is 30.1 Å². The Morgan fingerprint density at radius 1 is 1.25 bits per heavy atom. The number of pyridine rings is 1. The highest BCUT2D eigenvalue weighted by molar-refractivity contribution is 5.50. The Hall–Kier alpha value is -1.39. The first-order chi connectivity index (χ1) is 9.90. The Morgan fingerprint density at radius 3 is 2.95 bits per heavy atom. The predicted molar refractivity (Wildman–Crippen MR) is 78.8 cm³/mol. The van der Waals surface area contributed by atoms with Crippen molar-refractivity contribution in [2.24, 2.45) is 0 Å². The predicted octanol–water partition coefficient (Wildman–Crippen LogP) is 2.40. The molecule has 0 aliphatic carbocycles. The molecule has 4 heteroatoms. The van der Waals surface area contributed by atoms with Gasteiger partial charge in [-0.25, -0.2) is 0 Å². The summed E-state index contributed by atoms with van der Waals surface area (Å²) in [7, 11) is 0. The van der Waals surface area contributed by atoms with E-state index in [1.54, 1.807) is 6.20 Å². The van der Waals surface area contributed by atoms with Crippen molar-refractivity contribution < 1.29 is 9.47 Å². The van der Waals surface area contributed by atoms with Crippen molar-refractivity contribution in [2.45, 2.75) is 37.8 Å². The molecule has 2 fully saturated rings. The Balaban J connectivity index is 1.59. The molecule has 0 radical (unpaired) electrons. The van der Waals surface area contributed by atoms with Crippen LogP contribution in [0.2, 0.25) is 0 Å². The lowest BCUT2D eigenvalue weighted by atomic mass is 10.1. The molecule has 0 bridgehead atoms. The molecule has 3 heterocycles. The van der Waals surface area contributed by atoms with Gasteiger partial charge in [-0.3, -0.25) is 4.98 Å². The van der Waals surface area contributed by atoms with E-state index in [1.807, 2.05) is 6.20 Å². The van der Waals surface area contributed by atoms with E-state index in [0.717, 1.165) is 43.9 Å². The van der Waals surface area contributed by atoms with Crippen molar-refractivity contribution in [1.29, 1.82) is 0 Å². The van der Waals surface area contributed by atoms with Gasteiger partial charge in [0.1, 0.15) is 11.9 Å². The normalized spacial score (nSPS) is 24.3. The van der Waals surface area contributed by atoms with Crippen LogP contribution in [0.5, 0.6) is 5.75 Å². The van der Waals surface area contributed by atoms with Gasteiger partial charge in [-0.1, -0.05) is 12.2 Å². The lowest BCUT2D eigenvalue weighted by Gasteiger charge is -2.23. The largest absolute Gasteiger partial charge is 0.489 e. The molecule has 20 heavy (non-hydrogen) atoms. The fraction of sp³-hybridized carbons (Fsp3) is 0.562. The van der Waals surface area contributed by atoms with Gasteiger partial charge < -0.3 is 14.8 Å². The third kappa shape index (κ3) is 3.81. The SMILES string of the molecule is C(=C[C@H]1CCCN1)c1cncc(OC2CCOCC2)c1. The Labute approximate surface area is 120 Å². The second-order valence-electron chi connectivity index (χ2n) is 5.45. The summed E-state index contributed by atoms with van der Waals surface area (Å²) in [4.78, 5) is 4.27. The average Bonchev–Trinajstić information content (AvgIpc) is 3.00.